The van der Waals surface area contributed by atoms with Crippen LogP contribution in [0.1, 0.15) is 21.1 Å². The van der Waals surface area contributed by atoms with Crippen molar-refractivity contribution in [3.63, 3.8) is 0 Å². The maximum atomic E-state index is 12.8. The molecule has 28 heavy (non-hydrogen) atoms. The second-order valence-electron chi connectivity index (χ2n) is 6.45. The number of anilines is 1. The van der Waals surface area contributed by atoms with Crippen LogP contribution in [0.4, 0.5) is 5.69 Å². The Balaban J connectivity index is 1.89. The summed E-state index contributed by atoms with van der Waals surface area (Å²) in [6.07, 6.45) is 1.70. The van der Waals surface area contributed by atoms with E-state index in [1.807, 2.05) is 25.1 Å². The molecule has 0 aliphatic carbocycles. The van der Waals surface area contributed by atoms with E-state index in [9.17, 15) is 9.59 Å². The molecule has 0 atom stereocenters. The molecule has 8 heteroatoms. The molecule has 3 rings (SSSR count). The Kier molecular flexibility index (Phi) is 5.90. The standard InChI is InChI=1S/C20H23N5O3/c1-24(2)13-11-21-19(26)17-15-9-6-7-12-25(15)18(23-17)20(27)22-14-8-4-5-10-16(14)28-3/h4-10,12H,11,13H2,1-3H3,(H,21,26)(H,22,27). The van der Waals surface area contributed by atoms with E-state index >= 15 is 0 Å². The lowest BCUT2D eigenvalue weighted by Gasteiger charge is -2.09. The highest BCUT2D eigenvalue weighted by Gasteiger charge is 2.22. The zero-order valence-corrected chi connectivity index (χ0v) is 16.1. The summed E-state index contributed by atoms with van der Waals surface area (Å²) in [6, 6.07) is 12.4. The predicted octanol–water partition coefficient (Wildman–Crippen LogP) is 1.89. The van der Waals surface area contributed by atoms with Crippen molar-refractivity contribution in [1.82, 2.24) is 19.6 Å². The number of para-hydroxylation sites is 2. The van der Waals surface area contributed by atoms with Crippen LogP contribution in [-0.2, 0) is 0 Å². The smallest absolute Gasteiger partial charge is 0.292 e. The number of likely N-dealkylation sites (N-methyl/N-ethyl adjacent to an activating group) is 1. The van der Waals surface area contributed by atoms with Gasteiger partial charge in [-0.05, 0) is 38.4 Å². The number of imidazole rings is 1. The lowest BCUT2D eigenvalue weighted by molar-refractivity contribution is 0.0948. The van der Waals surface area contributed by atoms with Crippen LogP contribution in [0, 0.1) is 0 Å². The van der Waals surface area contributed by atoms with Gasteiger partial charge in [0.2, 0.25) is 5.82 Å². The Morgan fingerprint density at radius 3 is 2.61 bits per heavy atom. The molecule has 8 nitrogen and oxygen atoms in total. The molecule has 3 aromatic rings. The first kappa shape index (κ1) is 19.4. The fourth-order valence-corrected chi connectivity index (χ4v) is 2.77. The topological polar surface area (TPSA) is 88.0 Å². The fraction of sp³-hybridized carbons (Fsp3) is 0.250. The Morgan fingerprint density at radius 2 is 1.86 bits per heavy atom. The zero-order valence-electron chi connectivity index (χ0n) is 16.1. The molecule has 0 saturated carbocycles. The summed E-state index contributed by atoms with van der Waals surface area (Å²) >= 11 is 0. The van der Waals surface area contributed by atoms with Gasteiger partial charge >= 0.3 is 0 Å². The fourth-order valence-electron chi connectivity index (χ4n) is 2.77. The summed E-state index contributed by atoms with van der Waals surface area (Å²) in [7, 11) is 5.39. The molecule has 0 saturated heterocycles. The first-order valence-electron chi connectivity index (χ1n) is 8.85. The summed E-state index contributed by atoms with van der Waals surface area (Å²) < 4.78 is 6.87. The highest BCUT2D eigenvalue weighted by atomic mass is 16.5. The molecule has 0 aliphatic rings. The first-order chi connectivity index (χ1) is 13.5. The maximum absolute atomic E-state index is 12.8. The molecular formula is C20H23N5O3. The van der Waals surface area contributed by atoms with E-state index in [0.29, 0.717) is 30.0 Å². The summed E-state index contributed by atoms with van der Waals surface area (Å²) in [6.45, 7) is 1.19. The summed E-state index contributed by atoms with van der Waals surface area (Å²) in [5, 5.41) is 5.63. The Hall–Kier alpha value is -3.39. The van der Waals surface area contributed by atoms with Gasteiger partial charge in [-0.25, -0.2) is 4.98 Å². The first-order valence-corrected chi connectivity index (χ1v) is 8.85. The third-order valence-corrected chi connectivity index (χ3v) is 4.17. The highest BCUT2D eigenvalue weighted by Crippen LogP contribution is 2.24. The lowest BCUT2D eigenvalue weighted by atomic mass is 10.3. The number of carbonyl (C=O) groups excluding carboxylic acids is 2. The molecule has 0 aliphatic heterocycles. The number of nitrogens with zero attached hydrogens (tertiary/aromatic N) is 3. The van der Waals surface area contributed by atoms with Crippen LogP contribution in [-0.4, -0.2) is 60.4 Å². The molecule has 2 amide bonds. The van der Waals surface area contributed by atoms with Gasteiger partial charge < -0.3 is 20.3 Å². The largest absolute Gasteiger partial charge is 0.495 e. The molecule has 0 unspecified atom stereocenters. The molecule has 2 aromatic heterocycles. The van der Waals surface area contributed by atoms with Gasteiger partial charge in [0, 0.05) is 19.3 Å². The number of fused-ring (bicyclic) bond motifs is 1. The molecule has 146 valence electrons. The minimum Gasteiger partial charge on any atom is -0.495 e. The number of benzene rings is 1. The minimum absolute atomic E-state index is 0.124. The molecule has 1 aromatic carbocycles. The van der Waals surface area contributed by atoms with E-state index in [1.165, 1.54) is 7.11 Å². The Bertz CT molecular complexity index is 996. The number of pyridine rings is 1. The van der Waals surface area contributed by atoms with Crippen molar-refractivity contribution in [1.29, 1.82) is 0 Å². The van der Waals surface area contributed by atoms with Crippen LogP contribution < -0.4 is 15.4 Å². The summed E-state index contributed by atoms with van der Waals surface area (Å²) in [5.74, 6) is -0.0856. The van der Waals surface area contributed by atoms with E-state index < -0.39 is 5.91 Å². The average molecular weight is 381 g/mol. The number of ether oxygens (including phenoxy) is 1. The van der Waals surface area contributed by atoms with Crippen LogP contribution in [0.5, 0.6) is 5.75 Å². The van der Waals surface area contributed by atoms with E-state index in [-0.39, 0.29) is 17.4 Å². The lowest BCUT2D eigenvalue weighted by Crippen LogP contribution is -2.31. The van der Waals surface area contributed by atoms with Crippen molar-refractivity contribution in [2.24, 2.45) is 0 Å². The third-order valence-electron chi connectivity index (χ3n) is 4.17. The number of amides is 2. The highest BCUT2D eigenvalue weighted by molar-refractivity contribution is 6.06. The van der Waals surface area contributed by atoms with Crippen molar-refractivity contribution in [3.8, 4) is 5.75 Å². The van der Waals surface area contributed by atoms with Gasteiger partial charge in [-0.2, -0.15) is 0 Å². The molecule has 0 bridgehead atoms. The quantitative estimate of drug-likeness (QED) is 0.653. The molecule has 0 radical (unpaired) electrons. The second kappa shape index (κ2) is 8.53. The zero-order chi connectivity index (χ0) is 20.1. The monoisotopic (exact) mass is 381 g/mol. The van der Waals surface area contributed by atoms with Gasteiger partial charge in [-0.1, -0.05) is 18.2 Å². The third kappa shape index (κ3) is 4.12. The van der Waals surface area contributed by atoms with Crippen LogP contribution in [0.3, 0.4) is 0 Å². The van der Waals surface area contributed by atoms with Crippen LogP contribution in [0.25, 0.3) is 5.52 Å². The van der Waals surface area contributed by atoms with Gasteiger partial charge in [-0.3, -0.25) is 14.0 Å². The van der Waals surface area contributed by atoms with E-state index in [2.05, 4.69) is 15.6 Å². The number of hydrogen-bond acceptors (Lipinski definition) is 5. The number of carbonyl (C=O) groups is 2. The van der Waals surface area contributed by atoms with E-state index in [1.54, 1.807) is 47.0 Å². The van der Waals surface area contributed by atoms with Gasteiger partial charge in [0.05, 0.1) is 18.3 Å². The number of aromatic nitrogens is 2. The molecule has 0 fully saturated rings. The Morgan fingerprint density at radius 1 is 1.11 bits per heavy atom. The van der Waals surface area contributed by atoms with Crippen LogP contribution in [0.2, 0.25) is 0 Å². The van der Waals surface area contributed by atoms with E-state index in [0.717, 1.165) is 0 Å². The van der Waals surface area contributed by atoms with Crippen molar-refractivity contribution in [2.45, 2.75) is 0 Å². The van der Waals surface area contributed by atoms with Gasteiger partial charge in [0.1, 0.15) is 5.75 Å². The van der Waals surface area contributed by atoms with Crippen LogP contribution >= 0.6 is 0 Å². The molecule has 2 N–H and O–H groups in total. The number of methoxy groups -OCH3 is 1. The van der Waals surface area contributed by atoms with Crippen LogP contribution in [0.15, 0.2) is 48.7 Å². The van der Waals surface area contributed by atoms with Gasteiger partial charge in [-0.15, -0.1) is 0 Å². The maximum Gasteiger partial charge on any atom is 0.292 e. The van der Waals surface area contributed by atoms with Gasteiger partial charge in [0.25, 0.3) is 11.8 Å². The predicted molar refractivity (Wildman–Crippen MR) is 107 cm³/mol. The molecule has 0 spiro atoms. The average Bonchev–Trinajstić information content (AvgIpc) is 3.08. The normalized spacial score (nSPS) is 10.9. The molecule has 2 heterocycles. The van der Waals surface area contributed by atoms with Crippen molar-refractivity contribution >= 4 is 23.0 Å². The number of rotatable bonds is 7. The Labute approximate surface area is 163 Å². The SMILES string of the molecule is COc1ccccc1NC(=O)c1nc(C(=O)NCCN(C)C)c2ccccn12. The second-order valence-corrected chi connectivity index (χ2v) is 6.45. The summed E-state index contributed by atoms with van der Waals surface area (Å²) in [4.78, 5) is 31.7. The number of nitrogens with one attached hydrogen (secondary N) is 2. The number of hydrogen-bond donors (Lipinski definition) is 2. The van der Waals surface area contributed by atoms with E-state index in [4.69, 9.17) is 4.74 Å². The molecular weight excluding hydrogens is 358 g/mol. The van der Waals surface area contributed by atoms with Crippen molar-refractivity contribution in [2.75, 3.05) is 39.6 Å². The van der Waals surface area contributed by atoms with Crippen molar-refractivity contribution < 1.29 is 14.3 Å². The van der Waals surface area contributed by atoms with Crippen molar-refractivity contribution in [3.05, 3.63) is 60.2 Å². The minimum atomic E-state index is -0.432. The summed E-state index contributed by atoms with van der Waals surface area (Å²) in [5.41, 5.74) is 1.30. The van der Waals surface area contributed by atoms with Gasteiger partial charge in [0.15, 0.2) is 5.69 Å².